The second-order valence-corrected chi connectivity index (χ2v) is 7.95. The van der Waals surface area contributed by atoms with E-state index in [0.29, 0.717) is 25.4 Å². The van der Waals surface area contributed by atoms with E-state index in [1.165, 1.54) is 0 Å². The molecule has 1 aromatic rings. The van der Waals surface area contributed by atoms with Gasteiger partial charge in [0.05, 0.1) is 23.8 Å². The van der Waals surface area contributed by atoms with Crippen molar-refractivity contribution in [1.29, 1.82) is 0 Å². The zero-order valence-electron chi connectivity index (χ0n) is 13.5. The molecule has 0 saturated carbocycles. The minimum absolute atomic E-state index is 0.259. The summed E-state index contributed by atoms with van der Waals surface area (Å²) < 4.78 is 26.0. The summed E-state index contributed by atoms with van der Waals surface area (Å²) in [5.41, 5.74) is 0.980. The van der Waals surface area contributed by atoms with E-state index < -0.39 is 10.0 Å². The lowest BCUT2D eigenvalue weighted by Crippen LogP contribution is -2.33. The van der Waals surface area contributed by atoms with Crippen LogP contribution in [0.25, 0.3) is 0 Å². The summed E-state index contributed by atoms with van der Waals surface area (Å²) in [6, 6.07) is 0. The SMILES string of the molecule is CCCS(=O)(=O)N1CCC[C@H](Cc2cnc(NC)cn2)CC1. The van der Waals surface area contributed by atoms with Gasteiger partial charge in [0.2, 0.25) is 10.0 Å². The maximum absolute atomic E-state index is 12.2. The Morgan fingerprint density at radius 1 is 1.27 bits per heavy atom. The van der Waals surface area contributed by atoms with Gasteiger partial charge >= 0.3 is 0 Å². The summed E-state index contributed by atoms with van der Waals surface area (Å²) in [6.07, 6.45) is 7.97. The number of nitrogens with one attached hydrogen (secondary N) is 1. The van der Waals surface area contributed by atoms with Gasteiger partial charge in [0.25, 0.3) is 0 Å². The number of hydrogen-bond acceptors (Lipinski definition) is 5. The Labute approximate surface area is 133 Å². The Morgan fingerprint density at radius 2 is 2.09 bits per heavy atom. The monoisotopic (exact) mass is 326 g/mol. The topological polar surface area (TPSA) is 75.2 Å². The van der Waals surface area contributed by atoms with Crippen molar-refractivity contribution in [1.82, 2.24) is 14.3 Å². The van der Waals surface area contributed by atoms with Gasteiger partial charge < -0.3 is 5.32 Å². The van der Waals surface area contributed by atoms with Crippen LogP contribution in [0.5, 0.6) is 0 Å². The lowest BCUT2D eigenvalue weighted by atomic mass is 9.95. The van der Waals surface area contributed by atoms with E-state index in [4.69, 9.17) is 0 Å². The Balaban J connectivity index is 1.92. The maximum atomic E-state index is 12.2. The van der Waals surface area contributed by atoms with Crippen LogP contribution in [0.1, 0.15) is 38.3 Å². The third kappa shape index (κ3) is 4.64. The van der Waals surface area contributed by atoms with Crippen LogP contribution >= 0.6 is 0 Å². The van der Waals surface area contributed by atoms with E-state index in [-0.39, 0.29) is 5.75 Å². The molecule has 1 atom stereocenters. The summed E-state index contributed by atoms with van der Waals surface area (Å²) in [5.74, 6) is 1.51. The molecule has 0 spiro atoms. The van der Waals surface area contributed by atoms with Gasteiger partial charge in [-0.15, -0.1) is 0 Å². The predicted molar refractivity (Wildman–Crippen MR) is 88.3 cm³/mol. The fourth-order valence-electron chi connectivity index (χ4n) is 2.89. The number of aromatic nitrogens is 2. The minimum atomic E-state index is -3.06. The number of nitrogens with zero attached hydrogens (tertiary/aromatic N) is 3. The van der Waals surface area contributed by atoms with Crippen LogP contribution < -0.4 is 5.32 Å². The Bertz CT molecular complexity index is 559. The van der Waals surface area contributed by atoms with Gasteiger partial charge in [-0.3, -0.25) is 4.98 Å². The number of rotatable bonds is 6. The van der Waals surface area contributed by atoms with E-state index in [2.05, 4.69) is 15.3 Å². The van der Waals surface area contributed by atoms with Crippen molar-refractivity contribution in [2.45, 2.75) is 39.0 Å². The highest BCUT2D eigenvalue weighted by atomic mass is 32.2. The predicted octanol–water partition coefficient (Wildman–Crippen LogP) is 1.90. The molecule has 6 nitrogen and oxygen atoms in total. The molecule has 1 N–H and O–H groups in total. The Hall–Kier alpha value is -1.21. The molecule has 1 saturated heterocycles. The highest BCUT2D eigenvalue weighted by Crippen LogP contribution is 2.23. The van der Waals surface area contributed by atoms with Crippen molar-refractivity contribution in [3.05, 3.63) is 18.1 Å². The van der Waals surface area contributed by atoms with Gasteiger partial charge in [0, 0.05) is 20.1 Å². The molecule has 0 amide bonds. The smallest absolute Gasteiger partial charge is 0.214 e. The number of hydrogen-bond donors (Lipinski definition) is 1. The molecule has 1 aromatic heterocycles. The fraction of sp³-hybridized carbons (Fsp3) is 0.733. The molecule has 0 bridgehead atoms. The quantitative estimate of drug-likeness (QED) is 0.864. The van der Waals surface area contributed by atoms with Gasteiger partial charge in [-0.25, -0.2) is 17.7 Å². The van der Waals surface area contributed by atoms with Crippen molar-refractivity contribution in [2.75, 3.05) is 31.2 Å². The second-order valence-electron chi connectivity index (χ2n) is 5.86. The van der Waals surface area contributed by atoms with Crippen LogP contribution in [0.4, 0.5) is 5.82 Å². The van der Waals surface area contributed by atoms with E-state index in [0.717, 1.165) is 37.2 Å². The summed E-state index contributed by atoms with van der Waals surface area (Å²) in [6.45, 7) is 3.20. The fourth-order valence-corrected chi connectivity index (χ4v) is 4.46. The molecular weight excluding hydrogens is 300 g/mol. The molecule has 7 heteroatoms. The molecule has 22 heavy (non-hydrogen) atoms. The number of anilines is 1. The van der Waals surface area contributed by atoms with Crippen LogP contribution in [-0.2, 0) is 16.4 Å². The first-order valence-corrected chi connectivity index (χ1v) is 9.62. The molecule has 1 aliphatic heterocycles. The van der Waals surface area contributed by atoms with E-state index in [1.54, 1.807) is 10.5 Å². The third-order valence-electron chi connectivity index (χ3n) is 4.12. The molecule has 0 aliphatic carbocycles. The first kappa shape index (κ1) is 17.1. The summed E-state index contributed by atoms with van der Waals surface area (Å²) in [5, 5.41) is 2.96. The average molecular weight is 326 g/mol. The van der Waals surface area contributed by atoms with Crippen molar-refractivity contribution in [3.8, 4) is 0 Å². The standard InChI is InChI=1S/C15H26N4O2S/c1-3-9-22(20,21)19-7-4-5-13(6-8-19)10-14-11-18-15(16-2)12-17-14/h11-13H,3-10H2,1-2H3,(H,16,18)/t13-/m0/s1. The van der Waals surface area contributed by atoms with E-state index in [9.17, 15) is 8.42 Å². The van der Waals surface area contributed by atoms with Crippen molar-refractivity contribution in [3.63, 3.8) is 0 Å². The molecule has 124 valence electrons. The lowest BCUT2D eigenvalue weighted by Gasteiger charge is -2.19. The summed E-state index contributed by atoms with van der Waals surface area (Å²) >= 11 is 0. The van der Waals surface area contributed by atoms with Crippen molar-refractivity contribution >= 4 is 15.8 Å². The van der Waals surface area contributed by atoms with Crippen molar-refractivity contribution < 1.29 is 8.42 Å². The number of sulfonamides is 1. The average Bonchev–Trinajstić information content (AvgIpc) is 2.74. The molecular formula is C15H26N4O2S. The van der Waals surface area contributed by atoms with Crippen LogP contribution in [0.3, 0.4) is 0 Å². The zero-order valence-corrected chi connectivity index (χ0v) is 14.3. The van der Waals surface area contributed by atoms with E-state index in [1.807, 2.05) is 20.2 Å². The highest BCUT2D eigenvalue weighted by molar-refractivity contribution is 7.89. The molecule has 0 radical (unpaired) electrons. The molecule has 2 heterocycles. The van der Waals surface area contributed by atoms with Gasteiger partial charge in [-0.1, -0.05) is 6.92 Å². The summed E-state index contributed by atoms with van der Waals surface area (Å²) in [7, 11) is -1.25. The molecule has 1 fully saturated rings. The first-order valence-electron chi connectivity index (χ1n) is 8.01. The molecule has 1 aliphatic rings. The third-order valence-corrected chi connectivity index (χ3v) is 6.20. The van der Waals surface area contributed by atoms with E-state index >= 15 is 0 Å². The van der Waals surface area contributed by atoms with Crippen LogP contribution in [0.15, 0.2) is 12.4 Å². The van der Waals surface area contributed by atoms with Gasteiger partial charge in [-0.2, -0.15) is 0 Å². The normalized spacial score (nSPS) is 20.5. The van der Waals surface area contributed by atoms with Gasteiger partial charge in [0.1, 0.15) is 5.82 Å². The van der Waals surface area contributed by atoms with Gasteiger partial charge in [0.15, 0.2) is 0 Å². The first-order chi connectivity index (χ1) is 10.5. The van der Waals surface area contributed by atoms with Crippen LogP contribution in [0.2, 0.25) is 0 Å². The van der Waals surface area contributed by atoms with Crippen LogP contribution in [-0.4, -0.2) is 48.6 Å². The van der Waals surface area contributed by atoms with Crippen molar-refractivity contribution in [2.24, 2.45) is 5.92 Å². The molecule has 0 aromatic carbocycles. The zero-order chi connectivity index (χ0) is 16.0. The largest absolute Gasteiger partial charge is 0.372 e. The highest BCUT2D eigenvalue weighted by Gasteiger charge is 2.25. The Kier molecular flexibility index (Phi) is 6.14. The lowest BCUT2D eigenvalue weighted by molar-refractivity contribution is 0.409. The Morgan fingerprint density at radius 3 is 2.73 bits per heavy atom. The summed E-state index contributed by atoms with van der Waals surface area (Å²) in [4.78, 5) is 8.70. The van der Waals surface area contributed by atoms with Gasteiger partial charge in [-0.05, 0) is 38.0 Å². The van der Waals surface area contributed by atoms with Crippen LogP contribution in [0, 0.1) is 5.92 Å². The maximum Gasteiger partial charge on any atom is 0.214 e. The molecule has 2 rings (SSSR count). The minimum Gasteiger partial charge on any atom is -0.372 e. The second kappa shape index (κ2) is 7.87. The molecule has 0 unspecified atom stereocenters.